The van der Waals surface area contributed by atoms with E-state index in [2.05, 4.69) is 0 Å². The van der Waals surface area contributed by atoms with Gasteiger partial charge in [-0.3, -0.25) is 4.55 Å². The van der Waals surface area contributed by atoms with Gasteiger partial charge in [-0.25, -0.2) is 0 Å². The highest BCUT2D eigenvalue weighted by Crippen LogP contribution is 2.24. The molecule has 0 saturated carbocycles. The van der Waals surface area contributed by atoms with E-state index in [9.17, 15) is 8.42 Å². The lowest BCUT2D eigenvalue weighted by Crippen LogP contribution is -2.09. The van der Waals surface area contributed by atoms with Gasteiger partial charge in [-0.1, -0.05) is 20.8 Å². The second kappa shape index (κ2) is 3.25. The van der Waals surface area contributed by atoms with Gasteiger partial charge in [-0.05, 0) is 5.41 Å². The standard InChI is InChI=1S/C7H11NO3S/c1-7(2,3)6(4-8)5-12(9,10)11/h5H,1-3H3,(H,9,10,11)/b6-5+. The molecule has 0 aliphatic heterocycles. The van der Waals surface area contributed by atoms with Crippen molar-refractivity contribution in [2.24, 2.45) is 5.41 Å². The van der Waals surface area contributed by atoms with E-state index in [1.54, 1.807) is 26.8 Å². The third-order valence-corrected chi connectivity index (χ3v) is 1.73. The molecule has 0 amide bonds. The second-order valence-corrected chi connectivity index (χ2v) is 4.67. The van der Waals surface area contributed by atoms with Crippen LogP contribution in [0.5, 0.6) is 0 Å². The molecule has 12 heavy (non-hydrogen) atoms. The Balaban J connectivity index is 5.13. The molecule has 68 valence electrons. The third-order valence-electron chi connectivity index (χ3n) is 1.20. The predicted molar refractivity (Wildman–Crippen MR) is 44.7 cm³/mol. The first-order chi connectivity index (χ1) is 5.17. The first-order valence-electron chi connectivity index (χ1n) is 3.26. The summed E-state index contributed by atoms with van der Waals surface area (Å²) in [6.45, 7) is 5.06. The second-order valence-electron chi connectivity index (χ2n) is 3.41. The van der Waals surface area contributed by atoms with Gasteiger partial charge in [0, 0.05) is 5.57 Å². The quantitative estimate of drug-likeness (QED) is 0.498. The Bertz CT molecular complexity index is 327. The van der Waals surface area contributed by atoms with Crippen LogP contribution < -0.4 is 0 Å². The monoisotopic (exact) mass is 189 g/mol. The van der Waals surface area contributed by atoms with Crippen molar-refractivity contribution in [1.82, 2.24) is 0 Å². The molecule has 0 bridgehead atoms. The van der Waals surface area contributed by atoms with E-state index in [1.165, 1.54) is 0 Å². The largest absolute Gasteiger partial charge is 0.288 e. The Morgan fingerprint density at radius 2 is 1.92 bits per heavy atom. The van der Waals surface area contributed by atoms with E-state index in [0.29, 0.717) is 5.41 Å². The van der Waals surface area contributed by atoms with E-state index in [-0.39, 0.29) is 5.57 Å². The summed E-state index contributed by atoms with van der Waals surface area (Å²) in [6.07, 6.45) is 0. The first kappa shape index (κ1) is 11.1. The zero-order valence-corrected chi connectivity index (χ0v) is 8.01. The Labute approximate surface area is 72.3 Å². The van der Waals surface area contributed by atoms with Crippen LogP contribution in [0.4, 0.5) is 0 Å². The smallest absolute Gasteiger partial charge is 0.282 e. The minimum absolute atomic E-state index is 0.0324. The number of hydrogen-bond donors (Lipinski definition) is 1. The molecule has 4 nitrogen and oxygen atoms in total. The molecule has 0 unspecified atom stereocenters. The maximum Gasteiger partial charge on any atom is 0.288 e. The Morgan fingerprint density at radius 1 is 1.50 bits per heavy atom. The summed E-state index contributed by atoms with van der Waals surface area (Å²) in [5, 5.41) is 9.11. The molecule has 0 aromatic heterocycles. The lowest BCUT2D eigenvalue weighted by molar-refractivity contribution is 0.488. The van der Waals surface area contributed by atoms with Crippen LogP contribution in [0.1, 0.15) is 20.8 Å². The van der Waals surface area contributed by atoms with E-state index >= 15 is 0 Å². The predicted octanol–water partition coefficient (Wildman–Crippen LogP) is 1.33. The lowest BCUT2D eigenvalue weighted by atomic mass is 9.89. The van der Waals surface area contributed by atoms with Crippen molar-refractivity contribution < 1.29 is 13.0 Å². The summed E-state index contributed by atoms with van der Waals surface area (Å²) in [5.74, 6) is 0. The minimum atomic E-state index is -4.20. The summed E-state index contributed by atoms with van der Waals surface area (Å²) >= 11 is 0. The number of hydrogen-bond acceptors (Lipinski definition) is 3. The lowest BCUT2D eigenvalue weighted by Gasteiger charge is -2.15. The molecular formula is C7H11NO3S. The van der Waals surface area contributed by atoms with Gasteiger partial charge in [0.2, 0.25) is 0 Å². The third kappa shape index (κ3) is 4.11. The van der Waals surface area contributed by atoms with Gasteiger partial charge in [0.1, 0.15) is 0 Å². The Kier molecular flexibility index (Phi) is 3.02. The van der Waals surface area contributed by atoms with Gasteiger partial charge in [-0.15, -0.1) is 0 Å². The molecular weight excluding hydrogens is 178 g/mol. The molecule has 0 fully saturated rings. The molecule has 0 radical (unpaired) electrons. The number of allylic oxidation sites excluding steroid dienone is 1. The van der Waals surface area contributed by atoms with Gasteiger partial charge in [0.25, 0.3) is 10.1 Å². The van der Waals surface area contributed by atoms with Crippen LogP contribution in [0.25, 0.3) is 0 Å². The normalized spacial score (nSPS) is 14.1. The van der Waals surface area contributed by atoms with E-state index < -0.39 is 15.5 Å². The van der Waals surface area contributed by atoms with Crippen molar-refractivity contribution in [3.8, 4) is 6.07 Å². The Hall–Kier alpha value is -0.860. The molecule has 5 heteroatoms. The van der Waals surface area contributed by atoms with Crippen LogP contribution in [0, 0.1) is 16.7 Å². The fourth-order valence-corrected chi connectivity index (χ4v) is 1.22. The first-order valence-corrected chi connectivity index (χ1v) is 4.77. The van der Waals surface area contributed by atoms with E-state index in [4.69, 9.17) is 9.81 Å². The summed E-state index contributed by atoms with van der Waals surface area (Å²) in [7, 11) is -4.20. The summed E-state index contributed by atoms with van der Waals surface area (Å²) in [6, 6.07) is 1.72. The van der Waals surface area contributed by atoms with Gasteiger partial charge >= 0.3 is 0 Å². The van der Waals surface area contributed by atoms with E-state index in [0.717, 1.165) is 0 Å². The fourth-order valence-electron chi connectivity index (χ4n) is 0.520. The minimum Gasteiger partial charge on any atom is -0.282 e. The van der Waals surface area contributed by atoms with Crippen LogP contribution in [0.15, 0.2) is 11.0 Å². The summed E-state index contributed by atoms with van der Waals surface area (Å²) < 4.78 is 29.2. The average Bonchev–Trinajstić information content (AvgIpc) is 1.78. The zero-order chi connectivity index (χ0) is 9.99. The van der Waals surface area contributed by atoms with Crippen molar-refractivity contribution in [2.45, 2.75) is 20.8 Å². The topological polar surface area (TPSA) is 78.2 Å². The van der Waals surface area contributed by atoms with Crippen molar-refractivity contribution in [1.29, 1.82) is 5.26 Å². The maximum atomic E-state index is 10.4. The molecule has 0 spiro atoms. The number of rotatable bonds is 1. The molecule has 0 heterocycles. The average molecular weight is 189 g/mol. The van der Waals surface area contributed by atoms with Gasteiger partial charge in [0.15, 0.2) is 0 Å². The van der Waals surface area contributed by atoms with Crippen molar-refractivity contribution in [2.75, 3.05) is 0 Å². The number of nitrogens with zero attached hydrogens (tertiary/aromatic N) is 1. The zero-order valence-electron chi connectivity index (χ0n) is 7.20. The van der Waals surface area contributed by atoms with Gasteiger partial charge in [0.05, 0.1) is 11.5 Å². The molecule has 0 rings (SSSR count). The number of nitriles is 1. The summed E-state index contributed by atoms with van der Waals surface area (Å²) in [5.41, 5.74) is -0.533. The molecule has 0 aliphatic rings. The van der Waals surface area contributed by atoms with Crippen molar-refractivity contribution in [3.63, 3.8) is 0 Å². The van der Waals surface area contributed by atoms with Crippen LogP contribution >= 0.6 is 0 Å². The van der Waals surface area contributed by atoms with Crippen molar-refractivity contribution >= 4 is 10.1 Å². The summed E-state index contributed by atoms with van der Waals surface area (Å²) in [4.78, 5) is 0. The van der Waals surface area contributed by atoms with Crippen molar-refractivity contribution in [3.05, 3.63) is 11.0 Å². The highest BCUT2D eigenvalue weighted by molar-refractivity contribution is 7.88. The SMILES string of the molecule is CC(C)(C)/C(C#N)=C/S(=O)(=O)O. The highest BCUT2D eigenvalue weighted by Gasteiger charge is 2.19. The molecule has 0 saturated heterocycles. The molecule has 0 atom stereocenters. The Morgan fingerprint density at radius 3 is 2.00 bits per heavy atom. The molecule has 0 aliphatic carbocycles. The van der Waals surface area contributed by atoms with Gasteiger partial charge < -0.3 is 0 Å². The highest BCUT2D eigenvalue weighted by atomic mass is 32.2. The van der Waals surface area contributed by atoms with Gasteiger partial charge in [-0.2, -0.15) is 13.7 Å². The molecule has 0 aromatic rings. The van der Waals surface area contributed by atoms with Crippen LogP contribution in [0.3, 0.4) is 0 Å². The van der Waals surface area contributed by atoms with Crippen LogP contribution in [0.2, 0.25) is 0 Å². The van der Waals surface area contributed by atoms with Crippen LogP contribution in [-0.2, 0) is 10.1 Å². The van der Waals surface area contributed by atoms with Crippen LogP contribution in [-0.4, -0.2) is 13.0 Å². The van der Waals surface area contributed by atoms with E-state index in [1.807, 2.05) is 0 Å². The molecule has 0 aromatic carbocycles. The maximum absolute atomic E-state index is 10.4. The molecule has 1 N–H and O–H groups in total. The fraction of sp³-hybridized carbons (Fsp3) is 0.571.